The summed E-state index contributed by atoms with van der Waals surface area (Å²) in [6, 6.07) is 14.8. The summed E-state index contributed by atoms with van der Waals surface area (Å²) < 4.78 is 32.7. The molecule has 0 spiro atoms. The van der Waals surface area contributed by atoms with Crippen LogP contribution in [0.2, 0.25) is 0 Å². The number of nitrogens with zero attached hydrogens (tertiary/aromatic N) is 5. The number of hydrogen-bond acceptors (Lipinski definition) is 8. The molecule has 2 saturated heterocycles. The fourth-order valence-corrected chi connectivity index (χ4v) is 6.76. The third-order valence-electron chi connectivity index (χ3n) is 6.36. The van der Waals surface area contributed by atoms with Crippen LogP contribution in [0.1, 0.15) is 5.82 Å². The van der Waals surface area contributed by atoms with Gasteiger partial charge in [-0.3, -0.25) is 0 Å². The fourth-order valence-electron chi connectivity index (χ4n) is 4.39. The maximum atomic E-state index is 13.0. The Hall–Kier alpha value is -2.40. The summed E-state index contributed by atoms with van der Waals surface area (Å²) in [7, 11) is -1.93. The highest BCUT2D eigenvalue weighted by molar-refractivity contribution is 7.99. The molecular formula is C24H29N5O3S2. The zero-order valence-electron chi connectivity index (χ0n) is 19.3. The maximum Gasteiger partial charge on any atom is 0.243 e. The summed E-state index contributed by atoms with van der Waals surface area (Å²) in [4.78, 5) is 14.7. The molecule has 0 saturated carbocycles. The van der Waals surface area contributed by atoms with Crippen LogP contribution in [0.5, 0.6) is 5.75 Å². The first-order valence-electron chi connectivity index (χ1n) is 11.5. The predicted molar refractivity (Wildman–Crippen MR) is 136 cm³/mol. The van der Waals surface area contributed by atoms with E-state index < -0.39 is 10.0 Å². The molecule has 10 heteroatoms. The lowest BCUT2D eigenvalue weighted by molar-refractivity contribution is 0.189. The molecule has 1 aromatic heterocycles. The van der Waals surface area contributed by atoms with Crippen LogP contribution in [0.4, 0.5) is 5.82 Å². The summed E-state index contributed by atoms with van der Waals surface area (Å²) in [5.41, 5.74) is 0.981. The standard InChI is InChI=1S/C24H29N5O3S2/c1-32-19-6-8-20(9-7-19)34(30,31)29-14-12-27(13-15-29)11-10-23-25-22-5-3-2-4-21(22)24(26-23)28-16-17-33-18-28/h2-9H,10-18H2,1H3. The lowest BCUT2D eigenvalue weighted by Gasteiger charge is -2.33. The Morgan fingerprint density at radius 3 is 2.44 bits per heavy atom. The van der Waals surface area contributed by atoms with Crippen LogP contribution in [-0.4, -0.2) is 85.6 Å². The largest absolute Gasteiger partial charge is 0.497 e. The number of sulfonamides is 1. The van der Waals surface area contributed by atoms with Gasteiger partial charge < -0.3 is 14.5 Å². The van der Waals surface area contributed by atoms with Gasteiger partial charge in [0.05, 0.1) is 23.4 Å². The first-order valence-corrected chi connectivity index (χ1v) is 14.1. The minimum atomic E-state index is -3.50. The number of anilines is 1. The van der Waals surface area contributed by atoms with Crippen LogP contribution in [0, 0.1) is 0 Å². The number of para-hydroxylation sites is 1. The van der Waals surface area contributed by atoms with Gasteiger partial charge in [-0.25, -0.2) is 18.4 Å². The van der Waals surface area contributed by atoms with E-state index in [9.17, 15) is 8.42 Å². The lowest BCUT2D eigenvalue weighted by Crippen LogP contribution is -2.49. The van der Waals surface area contributed by atoms with Crippen LogP contribution in [0.3, 0.4) is 0 Å². The average molecular weight is 500 g/mol. The number of benzene rings is 2. The molecule has 0 radical (unpaired) electrons. The summed E-state index contributed by atoms with van der Waals surface area (Å²) in [5, 5.41) is 1.10. The number of aromatic nitrogens is 2. The molecule has 0 N–H and O–H groups in total. The van der Waals surface area contributed by atoms with E-state index in [0.717, 1.165) is 53.7 Å². The van der Waals surface area contributed by atoms with Gasteiger partial charge in [-0.05, 0) is 36.4 Å². The monoisotopic (exact) mass is 499 g/mol. The molecule has 2 aliphatic rings. The number of thioether (sulfide) groups is 1. The lowest BCUT2D eigenvalue weighted by atomic mass is 10.2. The van der Waals surface area contributed by atoms with Crippen LogP contribution in [-0.2, 0) is 16.4 Å². The van der Waals surface area contributed by atoms with Crippen LogP contribution in [0.25, 0.3) is 10.9 Å². The highest BCUT2D eigenvalue weighted by Crippen LogP contribution is 2.28. The molecule has 3 heterocycles. The molecule has 0 unspecified atom stereocenters. The zero-order chi connectivity index (χ0) is 23.5. The summed E-state index contributed by atoms with van der Waals surface area (Å²) in [5.74, 6) is 4.61. The second-order valence-corrected chi connectivity index (χ2v) is 11.5. The van der Waals surface area contributed by atoms with E-state index in [2.05, 4.69) is 21.9 Å². The summed E-state index contributed by atoms with van der Waals surface area (Å²) >= 11 is 1.93. The van der Waals surface area contributed by atoms with Crippen molar-refractivity contribution in [1.82, 2.24) is 19.2 Å². The number of rotatable bonds is 7. The highest BCUT2D eigenvalue weighted by Gasteiger charge is 2.28. The molecule has 2 fully saturated rings. The van der Waals surface area contributed by atoms with Crippen molar-refractivity contribution in [3.63, 3.8) is 0 Å². The number of ether oxygens (including phenoxy) is 1. The van der Waals surface area contributed by atoms with Crippen molar-refractivity contribution in [2.75, 3.05) is 62.9 Å². The SMILES string of the molecule is COc1ccc(S(=O)(=O)N2CCN(CCc3nc(N4CCSC4)c4ccccc4n3)CC2)cc1. The van der Waals surface area contributed by atoms with E-state index >= 15 is 0 Å². The Balaban J connectivity index is 1.22. The Labute approximate surface area is 205 Å². The third-order valence-corrected chi connectivity index (χ3v) is 9.24. The Bertz CT molecular complexity index is 1240. The molecule has 180 valence electrons. The Kier molecular flexibility index (Phi) is 6.91. The number of hydrogen-bond donors (Lipinski definition) is 0. The van der Waals surface area contributed by atoms with Crippen LogP contribution >= 0.6 is 11.8 Å². The molecule has 2 aliphatic heterocycles. The molecule has 2 aromatic carbocycles. The normalized spacial score (nSPS) is 18.0. The number of piperazine rings is 1. The van der Waals surface area contributed by atoms with Crippen molar-refractivity contribution in [3.05, 3.63) is 54.4 Å². The third kappa shape index (κ3) is 4.86. The van der Waals surface area contributed by atoms with E-state index in [1.807, 2.05) is 23.9 Å². The minimum absolute atomic E-state index is 0.305. The zero-order valence-corrected chi connectivity index (χ0v) is 20.9. The van der Waals surface area contributed by atoms with Crippen molar-refractivity contribution in [1.29, 1.82) is 0 Å². The van der Waals surface area contributed by atoms with Gasteiger partial charge in [-0.15, -0.1) is 11.8 Å². The van der Waals surface area contributed by atoms with Gasteiger partial charge in [0.15, 0.2) is 0 Å². The first kappa shape index (κ1) is 23.3. The molecule has 8 nitrogen and oxygen atoms in total. The van der Waals surface area contributed by atoms with E-state index in [4.69, 9.17) is 14.7 Å². The van der Waals surface area contributed by atoms with Crippen molar-refractivity contribution in [3.8, 4) is 5.75 Å². The van der Waals surface area contributed by atoms with E-state index in [1.54, 1.807) is 35.7 Å². The molecule has 3 aromatic rings. The van der Waals surface area contributed by atoms with Crippen molar-refractivity contribution in [2.45, 2.75) is 11.3 Å². The molecule has 0 bridgehead atoms. The quantitative estimate of drug-likeness (QED) is 0.491. The maximum absolute atomic E-state index is 13.0. The van der Waals surface area contributed by atoms with Gasteiger partial charge in [-0.1, -0.05) is 12.1 Å². The van der Waals surface area contributed by atoms with E-state index in [1.165, 1.54) is 0 Å². The summed E-state index contributed by atoms with van der Waals surface area (Å²) in [6.45, 7) is 4.16. The molecule has 0 amide bonds. The number of fused-ring (bicyclic) bond motifs is 1. The van der Waals surface area contributed by atoms with Crippen LogP contribution < -0.4 is 9.64 Å². The molecular weight excluding hydrogens is 470 g/mol. The second-order valence-electron chi connectivity index (χ2n) is 8.45. The topological polar surface area (TPSA) is 78.9 Å². The molecule has 34 heavy (non-hydrogen) atoms. The van der Waals surface area contributed by atoms with Crippen molar-refractivity contribution in [2.24, 2.45) is 0 Å². The average Bonchev–Trinajstić information content (AvgIpc) is 3.42. The highest BCUT2D eigenvalue weighted by atomic mass is 32.2. The number of methoxy groups -OCH3 is 1. The van der Waals surface area contributed by atoms with Gasteiger partial charge in [-0.2, -0.15) is 4.31 Å². The van der Waals surface area contributed by atoms with Crippen LogP contribution in [0.15, 0.2) is 53.4 Å². The van der Waals surface area contributed by atoms with Gasteiger partial charge >= 0.3 is 0 Å². The van der Waals surface area contributed by atoms with E-state index in [-0.39, 0.29) is 0 Å². The smallest absolute Gasteiger partial charge is 0.243 e. The Morgan fingerprint density at radius 2 is 1.74 bits per heavy atom. The summed E-state index contributed by atoms with van der Waals surface area (Å²) in [6.07, 6.45) is 0.740. The molecule has 0 aliphatic carbocycles. The van der Waals surface area contributed by atoms with Gasteiger partial charge in [0, 0.05) is 56.8 Å². The van der Waals surface area contributed by atoms with E-state index in [0.29, 0.717) is 36.8 Å². The van der Waals surface area contributed by atoms with Crippen molar-refractivity contribution >= 4 is 38.5 Å². The fraction of sp³-hybridized carbons (Fsp3) is 0.417. The second kappa shape index (κ2) is 10.1. The Morgan fingerprint density at radius 1 is 0.971 bits per heavy atom. The first-order chi connectivity index (χ1) is 16.5. The van der Waals surface area contributed by atoms with Gasteiger partial charge in [0.25, 0.3) is 0 Å². The van der Waals surface area contributed by atoms with Gasteiger partial charge in [0.2, 0.25) is 10.0 Å². The van der Waals surface area contributed by atoms with Gasteiger partial charge in [0.1, 0.15) is 17.4 Å². The van der Waals surface area contributed by atoms with Crippen molar-refractivity contribution < 1.29 is 13.2 Å². The molecule has 0 atom stereocenters. The predicted octanol–water partition coefficient (Wildman–Crippen LogP) is 2.70. The minimum Gasteiger partial charge on any atom is -0.497 e. The molecule has 5 rings (SSSR count).